The van der Waals surface area contributed by atoms with Crippen LogP contribution >= 0.6 is 23.2 Å². The number of aryl methyl sites for hydroxylation is 1. The van der Waals surface area contributed by atoms with E-state index in [-0.39, 0.29) is 0 Å². The Morgan fingerprint density at radius 2 is 1.94 bits per heavy atom. The summed E-state index contributed by atoms with van der Waals surface area (Å²) in [6.07, 6.45) is 2.67. The fraction of sp³-hybridized carbons (Fsp3) is 0.250. The zero-order chi connectivity index (χ0) is 12.4. The standard InChI is InChI=1S/C12H12Cl2N2O/c1-2-16-4-3-15-12(16)11(17)8-5-9(13)7-10(14)6-8/h3-7,11,17H,2H2,1H3. The van der Waals surface area contributed by atoms with Crippen LogP contribution in [-0.2, 0) is 6.54 Å². The Balaban J connectivity index is 2.39. The largest absolute Gasteiger partial charge is 0.380 e. The molecule has 5 heteroatoms. The van der Waals surface area contributed by atoms with Gasteiger partial charge in [0.2, 0.25) is 0 Å². The Morgan fingerprint density at radius 3 is 2.53 bits per heavy atom. The molecule has 90 valence electrons. The van der Waals surface area contributed by atoms with Crippen molar-refractivity contribution in [1.82, 2.24) is 9.55 Å². The molecule has 1 N–H and O–H groups in total. The van der Waals surface area contributed by atoms with Gasteiger partial charge in [-0.2, -0.15) is 0 Å². The van der Waals surface area contributed by atoms with E-state index >= 15 is 0 Å². The van der Waals surface area contributed by atoms with Gasteiger partial charge in [-0.25, -0.2) is 4.98 Å². The predicted molar refractivity (Wildman–Crippen MR) is 68.4 cm³/mol. The zero-order valence-electron chi connectivity index (χ0n) is 9.27. The number of benzene rings is 1. The molecule has 1 heterocycles. The van der Waals surface area contributed by atoms with E-state index in [9.17, 15) is 5.11 Å². The van der Waals surface area contributed by atoms with Crippen LogP contribution in [0.1, 0.15) is 24.4 Å². The third-order valence-corrected chi connectivity index (χ3v) is 2.97. The highest BCUT2D eigenvalue weighted by molar-refractivity contribution is 6.34. The molecule has 1 aromatic carbocycles. The highest BCUT2D eigenvalue weighted by atomic mass is 35.5. The van der Waals surface area contributed by atoms with E-state index in [0.717, 1.165) is 6.54 Å². The smallest absolute Gasteiger partial charge is 0.142 e. The van der Waals surface area contributed by atoms with Crippen molar-refractivity contribution in [2.24, 2.45) is 0 Å². The third kappa shape index (κ3) is 2.63. The first-order valence-corrected chi connectivity index (χ1v) is 6.02. The number of rotatable bonds is 3. The molecule has 1 atom stereocenters. The van der Waals surface area contributed by atoms with Crippen LogP contribution in [0.4, 0.5) is 0 Å². The van der Waals surface area contributed by atoms with Gasteiger partial charge in [-0.1, -0.05) is 23.2 Å². The van der Waals surface area contributed by atoms with Crippen LogP contribution in [0.15, 0.2) is 30.6 Å². The molecule has 0 saturated carbocycles. The maximum absolute atomic E-state index is 10.2. The number of aliphatic hydroxyl groups is 1. The molecule has 0 fully saturated rings. The van der Waals surface area contributed by atoms with Gasteiger partial charge in [-0.15, -0.1) is 0 Å². The summed E-state index contributed by atoms with van der Waals surface area (Å²) in [6, 6.07) is 5.01. The number of imidazole rings is 1. The lowest BCUT2D eigenvalue weighted by Crippen LogP contribution is -2.08. The summed E-state index contributed by atoms with van der Waals surface area (Å²) in [5.74, 6) is 0.589. The Kier molecular flexibility index (Phi) is 3.72. The molecule has 1 unspecified atom stereocenters. The van der Waals surface area contributed by atoms with Gasteiger partial charge in [0.05, 0.1) is 0 Å². The second kappa shape index (κ2) is 5.08. The molecule has 0 spiro atoms. The number of nitrogens with zero attached hydrogens (tertiary/aromatic N) is 2. The number of hydrogen-bond acceptors (Lipinski definition) is 2. The van der Waals surface area contributed by atoms with Gasteiger partial charge in [0, 0.05) is 29.0 Å². The van der Waals surface area contributed by atoms with Crippen LogP contribution in [0.5, 0.6) is 0 Å². The molecule has 2 rings (SSSR count). The summed E-state index contributed by atoms with van der Waals surface area (Å²) < 4.78 is 1.87. The lowest BCUT2D eigenvalue weighted by Gasteiger charge is -2.13. The third-order valence-electron chi connectivity index (χ3n) is 2.53. The Morgan fingerprint density at radius 1 is 1.29 bits per heavy atom. The fourth-order valence-electron chi connectivity index (χ4n) is 1.72. The molecule has 17 heavy (non-hydrogen) atoms. The van der Waals surface area contributed by atoms with Crippen LogP contribution in [-0.4, -0.2) is 14.7 Å². The summed E-state index contributed by atoms with van der Waals surface area (Å²) >= 11 is 11.8. The second-order valence-electron chi connectivity index (χ2n) is 3.68. The first kappa shape index (κ1) is 12.4. The molecule has 2 aromatic rings. The van der Waals surface area contributed by atoms with Gasteiger partial charge in [0.15, 0.2) is 0 Å². The average Bonchev–Trinajstić information content (AvgIpc) is 2.74. The summed E-state index contributed by atoms with van der Waals surface area (Å²) in [7, 11) is 0. The van der Waals surface area contributed by atoms with Gasteiger partial charge in [0.1, 0.15) is 11.9 Å². The van der Waals surface area contributed by atoms with E-state index in [1.165, 1.54) is 0 Å². The lowest BCUT2D eigenvalue weighted by atomic mass is 10.1. The topological polar surface area (TPSA) is 38.0 Å². The molecule has 0 bridgehead atoms. The SMILES string of the molecule is CCn1ccnc1C(O)c1cc(Cl)cc(Cl)c1. The van der Waals surface area contributed by atoms with Crippen LogP contribution in [0, 0.1) is 0 Å². The lowest BCUT2D eigenvalue weighted by molar-refractivity contribution is 0.205. The molecule has 0 aliphatic heterocycles. The van der Waals surface area contributed by atoms with Crippen molar-refractivity contribution in [1.29, 1.82) is 0 Å². The van der Waals surface area contributed by atoms with Crippen molar-refractivity contribution in [3.63, 3.8) is 0 Å². The van der Waals surface area contributed by atoms with Crippen molar-refractivity contribution >= 4 is 23.2 Å². The van der Waals surface area contributed by atoms with Crippen LogP contribution < -0.4 is 0 Å². The summed E-state index contributed by atoms with van der Waals surface area (Å²) in [5, 5.41) is 11.2. The van der Waals surface area contributed by atoms with Gasteiger partial charge < -0.3 is 9.67 Å². The minimum Gasteiger partial charge on any atom is -0.380 e. The predicted octanol–water partition coefficient (Wildman–Crippen LogP) is 3.29. The van der Waals surface area contributed by atoms with E-state index in [0.29, 0.717) is 21.4 Å². The zero-order valence-corrected chi connectivity index (χ0v) is 10.8. The number of hydrogen-bond donors (Lipinski definition) is 1. The minimum atomic E-state index is -0.818. The van der Waals surface area contributed by atoms with E-state index < -0.39 is 6.10 Å². The van der Waals surface area contributed by atoms with Crippen molar-refractivity contribution < 1.29 is 5.11 Å². The van der Waals surface area contributed by atoms with Crippen LogP contribution in [0.2, 0.25) is 10.0 Å². The molecule has 0 radical (unpaired) electrons. The number of halogens is 2. The van der Waals surface area contributed by atoms with Gasteiger partial charge in [0.25, 0.3) is 0 Å². The van der Waals surface area contributed by atoms with Gasteiger partial charge in [-0.05, 0) is 30.7 Å². The highest BCUT2D eigenvalue weighted by Gasteiger charge is 2.16. The van der Waals surface area contributed by atoms with Gasteiger partial charge >= 0.3 is 0 Å². The van der Waals surface area contributed by atoms with Crippen molar-refractivity contribution in [3.8, 4) is 0 Å². The molecule has 3 nitrogen and oxygen atoms in total. The Labute approximate surface area is 110 Å². The molecule has 0 aliphatic rings. The number of aliphatic hydroxyl groups excluding tert-OH is 1. The monoisotopic (exact) mass is 270 g/mol. The van der Waals surface area contributed by atoms with Crippen molar-refractivity contribution in [3.05, 3.63) is 52.0 Å². The summed E-state index contributed by atoms with van der Waals surface area (Å²) in [5.41, 5.74) is 0.642. The van der Waals surface area contributed by atoms with Crippen molar-refractivity contribution in [2.45, 2.75) is 19.6 Å². The van der Waals surface area contributed by atoms with E-state index in [1.807, 2.05) is 17.7 Å². The summed E-state index contributed by atoms with van der Waals surface area (Å²) in [6.45, 7) is 2.74. The van der Waals surface area contributed by atoms with Crippen LogP contribution in [0.25, 0.3) is 0 Å². The van der Waals surface area contributed by atoms with Crippen LogP contribution in [0.3, 0.4) is 0 Å². The minimum absolute atomic E-state index is 0.501. The average molecular weight is 271 g/mol. The Bertz CT molecular complexity index is 505. The molecular formula is C12H12Cl2N2O. The maximum Gasteiger partial charge on any atom is 0.142 e. The first-order valence-electron chi connectivity index (χ1n) is 5.27. The number of aromatic nitrogens is 2. The highest BCUT2D eigenvalue weighted by Crippen LogP contribution is 2.26. The van der Waals surface area contributed by atoms with Crippen molar-refractivity contribution in [2.75, 3.05) is 0 Å². The van der Waals surface area contributed by atoms with Gasteiger partial charge in [-0.3, -0.25) is 0 Å². The first-order chi connectivity index (χ1) is 8.11. The maximum atomic E-state index is 10.2. The van der Waals surface area contributed by atoms with E-state index in [2.05, 4.69) is 4.98 Å². The molecule has 0 saturated heterocycles. The normalized spacial score (nSPS) is 12.7. The molecule has 1 aromatic heterocycles. The molecule has 0 aliphatic carbocycles. The van der Waals surface area contributed by atoms with E-state index in [1.54, 1.807) is 24.4 Å². The van der Waals surface area contributed by atoms with E-state index in [4.69, 9.17) is 23.2 Å². The fourth-order valence-corrected chi connectivity index (χ4v) is 2.26. The second-order valence-corrected chi connectivity index (χ2v) is 4.55. The molecular weight excluding hydrogens is 259 g/mol. The summed E-state index contributed by atoms with van der Waals surface area (Å²) in [4.78, 5) is 4.15. The molecule has 0 amide bonds. The Hall–Kier alpha value is -1.03. The quantitative estimate of drug-likeness (QED) is 0.930.